The molecule has 1 aromatic carbocycles. The lowest BCUT2D eigenvalue weighted by molar-refractivity contribution is -0.116. The number of carbonyl (C=O) groups is 1. The minimum atomic E-state index is -0.456. The van der Waals surface area contributed by atoms with Crippen molar-refractivity contribution in [2.24, 2.45) is 0 Å². The molecule has 2 rings (SSSR count). The van der Waals surface area contributed by atoms with Crippen molar-refractivity contribution in [2.45, 2.75) is 32.9 Å². The SMILES string of the molecule is COc1ccc(NC(C)C(=O)Nc2ccnn2C(C)C)c(OC)c1. The van der Waals surface area contributed by atoms with Crippen molar-refractivity contribution in [1.82, 2.24) is 9.78 Å². The summed E-state index contributed by atoms with van der Waals surface area (Å²) in [6.07, 6.45) is 1.67. The van der Waals surface area contributed by atoms with Gasteiger partial charge in [0.05, 0.1) is 26.1 Å². The molecule has 1 atom stereocenters. The summed E-state index contributed by atoms with van der Waals surface area (Å²) in [5.74, 6) is 1.82. The second kappa shape index (κ2) is 7.72. The number of nitrogens with one attached hydrogen (secondary N) is 2. The Labute approximate surface area is 142 Å². The number of nitrogens with zero attached hydrogens (tertiary/aromatic N) is 2. The van der Waals surface area contributed by atoms with Crippen molar-refractivity contribution in [3.8, 4) is 11.5 Å². The van der Waals surface area contributed by atoms with Gasteiger partial charge in [-0.2, -0.15) is 5.10 Å². The number of anilines is 2. The highest BCUT2D eigenvalue weighted by molar-refractivity contribution is 5.95. The van der Waals surface area contributed by atoms with Crippen LogP contribution in [0.25, 0.3) is 0 Å². The van der Waals surface area contributed by atoms with Gasteiger partial charge in [0.2, 0.25) is 5.91 Å². The second-order valence-electron chi connectivity index (χ2n) is 5.68. The Balaban J connectivity index is 2.07. The van der Waals surface area contributed by atoms with Crippen molar-refractivity contribution in [1.29, 1.82) is 0 Å². The molecule has 0 fully saturated rings. The van der Waals surface area contributed by atoms with Crippen molar-refractivity contribution in [3.63, 3.8) is 0 Å². The highest BCUT2D eigenvalue weighted by atomic mass is 16.5. The number of ether oxygens (including phenoxy) is 2. The van der Waals surface area contributed by atoms with E-state index in [0.29, 0.717) is 17.3 Å². The molecule has 0 aliphatic rings. The highest BCUT2D eigenvalue weighted by Gasteiger charge is 2.17. The Morgan fingerprint density at radius 2 is 1.92 bits per heavy atom. The number of amides is 1. The van der Waals surface area contributed by atoms with Gasteiger partial charge in [-0.3, -0.25) is 4.79 Å². The summed E-state index contributed by atoms with van der Waals surface area (Å²) in [6.45, 7) is 5.80. The maximum absolute atomic E-state index is 12.4. The molecular formula is C17H24N4O3. The molecule has 0 spiro atoms. The van der Waals surface area contributed by atoms with E-state index in [9.17, 15) is 4.79 Å². The van der Waals surface area contributed by atoms with E-state index in [1.165, 1.54) is 0 Å². The largest absolute Gasteiger partial charge is 0.497 e. The Morgan fingerprint density at radius 1 is 1.17 bits per heavy atom. The van der Waals surface area contributed by atoms with Crippen molar-refractivity contribution >= 4 is 17.4 Å². The number of methoxy groups -OCH3 is 2. The molecule has 1 unspecified atom stereocenters. The summed E-state index contributed by atoms with van der Waals surface area (Å²) >= 11 is 0. The maximum Gasteiger partial charge on any atom is 0.247 e. The molecule has 0 saturated carbocycles. The Hall–Kier alpha value is -2.70. The summed E-state index contributed by atoms with van der Waals surface area (Å²) in [6, 6.07) is 6.88. The Bertz CT molecular complexity index is 697. The molecule has 2 aromatic rings. The van der Waals surface area contributed by atoms with E-state index < -0.39 is 6.04 Å². The number of benzene rings is 1. The van der Waals surface area contributed by atoms with Crippen LogP contribution in [0.5, 0.6) is 11.5 Å². The standard InChI is InChI=1S/C17H24N4O3/c1-11(2)21-16(8-9-18-21)20-17(22)12(3)19-14-7-6-13(23-4)10-15(14)24-5/h6-12,19H,1-5H3,(H,20,22). The first-order valence-corrected chi connectivity index (χ1v) is 7.79. The van der Waals surface area contributed by atoms with E-state index in [1.54, 1.807) is 44.2 Å². The van der Waals surface area contributed by atoms with Crippen molar-refractivity contribution < 1.29 is 14.3 Å². The van der Waals surface area contributed by atoms with Gasteiger partial charge < -0.3 is 20.1 Å². The van der Waals surface area contributed by atoms with E-state index in [-0.39, 0.29) is 11.9 Å². The van der Waals surface area contributed by atoms with Gasteiger partial charge in [-0.25, -0.2) is 4.68 Å². The summed E-state index contributed by atoms with van der Waals surface area (Å²) in [4.78, 5) is 12.4. The normalized spacial score (nSPS) is 11.9. The van der Waals surface area contributed by atoms with Crippen LogP contribution in [0.4, 0.5) is 11.5 Å². The third-order valence-corrected chi connectivity index (χ3v) is 3.58. The molecule has 0 radical (unpaired) electrons. The van der Waals surface area contributed by atoms with Crippen LogP contribution in [0, 0.1) is 0 Å². The molecule has 7 heteroatoms. The molecule has 1 aromatic heterocycles. The molecule has 24 heavy (non-hydrogen) atoms. The van der Waals surface area contributed by atoms with Crippen LogP contribution in [-0.2, 0) is 4.79 Å². The fraction of sp³-hybridized carbons (Fsp3) is 0.412. The predicted octanol–water partition coefficient (Wildman–Crippen LogP) is 2.92. The molecule has 1 heterocycles. The first-order valence-electron chi connectivity index (χ1n) is 7.79. The summed E-state index contributed by atoms with van der Waals surface area (Å²) in [5, 5.41) is 10.2. The smallest absolute Gasteiger partial charge is 0.247 e. The summed E-state index contributed by atoms with van der Waals surface area (Å²) < 4.78 is 12.3. The molecule has 0 aliphatic heterocycles. The lowest BCUT2D eigenvalue weighted by atomic mass is 10.2. The average molecular weight is 332 g/mol. The van der Waals surface area contributed by atoms with Crippen LogP contribution in [-0.4, -0.2) is 35.9 Å². The summed E-state index contributed by atoms with van der Waals surface area (Å²) in [7, 11) is 3.17. The molecule has 2 N–H and O–H groups in total. The zero-order chi connectivity index (χ0) is 17.7. The minimum absolute atomic E-state index is 0.157. The van der Waals surface area contributed by atoms with Gasteiger partial charge >= 0.3 is 0 Å². The fourth-order valence-corrected chi connectivity index (χ4v) is 2.28. The molecule has 0 bridgehead atoms. The van der Waals surface area contributed by atoms with Crippen LogP contribution >= 0.6 is 0 Å². The molecule has 0 saturated heterocycles. The average Bonchev–Trinajstić information content (AvgIpc) is 3.03. The van der Waals surface area contributed by atoms with Crippen LogP contribution < -0.4 is 20.1 Å². The van der Waals surface area contributed by atoms with E-state index in [2.05, 4.69) is 15.7 Å². The maximum atomic E-state index is 12.4. The van der Waals surface area contributed by atoms with Gasteiger partial charge in [-0.15, -0.1) is 0 Å². The number of carbonyl (C=O) groups excluding carboxylic acids is 1. The van der Waals surface area contributed by atoms with Crippen LogP contribution in [0.15, 0.2) is 30.5 Å². The zero-order valence-electron chi connectivity index (χ0n) is 14.7. The van der Waals surface area contributed by atoms with Gasteiger partial charge in [-0.05, 0) is 32.9 Å². The highest BCUT2D eigenvalue weighted by Crippen LogP contribution is 2.29. The zero-order valence-corrected chi connectivity index (χ0v) is 14.7. The second-order valence-corrected chi connectivity index (χ2v) is 5.68. The number of hydrogen-bond acceptors (Lipinski definition) is 5. The van der Waals surface area contributed by atoms with Crippen LogP contribution in [0.1, 0.15) is 26.8 Å². The number of aromatic nitrogens is 2. The number of rotatable bonds is 7. The molecule has 0 aliphatic carbocycles. The first kappa shape index (κ1) is 17.7. The van der Waals surface area contributed by atoms with Gasteiger partial charge in [0.1, 0.15) is 23.4 Å². The topological polar surface area (TPSA) is 77.4 Å². The van der Waals surface area contributed by atoms with Crippen molar-refractivity contribution in [3.05, 3.63) is 30.5 Å². The van der Waals surface area contributed by atoms with Crippen LogP contribution in [0.3, 0.4) is 0 Å². The monoisotopic (exact) mass is 332 g/mol. The van der Waals surface area contributed by atoms with E-state index in [0.717, 1.165) is 5.69 Å². The van der Waals surface area contributed by atoms with Crippen molar-refractivity contribution in [2.75, 3.05) is 24.9 Å². The van der Waals surface area contributed by atoms with Gasteiger partial charge in [0.15, 0.2) is 0 Å². The summed E-state index contributed by atoms with van der Waals surface area (Å²) in [5.41, 5.74) is 0.721. The lowest BCUT2D eigenvalue weighted by Crippen LogP contribution is -2.32. The third-order valence-electron chi connectivity index (χ3n) is 3.58. The molecular weight excluding hydrogens is 308 g/mol. The molecule has 1 amide bonds. The third kappa shape index (κ3) is 3.98. The number of hydrogen-bond donors (Lipinski definition) is 2. The van der Waals surface area contributed by atoms with Gasteiger partial charge in [-0.1, -0.05) is 0 Å². The van der Waals surface area contributed by atoms with E-state index in [4.69, 9.17) is 9.47 Å². The Morgan fingerprint density at radius 3 is 2.54 bits per heavy atom. The fourth-order valence-electron chi connectivity index (χ4n) is 2.28. The van der Waals surface area contributed by atoms with E-state index >= 15 is 0 Å². The van der Waals surface area contributed by atoms with Gasteiger partial charge in [0, 0.05) is 18.2 Å². The van der Waals surface area contributed by atoms with Crippen LogP contribution in [0.2, 0.25) is 0 Å². The molecule has 130 valence electrons. The minimum Gasteiger partial charge on any atom is -0.497 e. The first-order chi connectivity index (χ1) is 11.5. The predicted molar refractivity (Wildman–Crippen MR) is 93.9 cm³/mol. The quantitative estimate of drug-likeness (QED) is 0.815. The lowest BCUT2D eigenvalue weighted by Gasteiger charge is -2.18. The van der Waals surface area contributed by atoms with Gasteiger partial charge in [0.25, 0.3) is 0 Å². The van der Waals surface area contributed by atoms with E-state index in [1.807, 2.05) is 26.0 Å². The molecule has 7 nitrogen and oxygen atoms in total. The Kier molecular flexibility index (Phi) is 5.68.